The zero-order valence-corrected chi connectivity index (χ0v) is 17.4. The van der Waals surface area contributed by atoms with Crippen LogP contribution in [0.15, 0.2) is 30.5 Å². The normalized spacial score (nSPS) is 13.8. The van der Waals surface area contributed by atoms with Crippen LogP contribution >= 0.6 is 0 Å². The fourth-order valence-electron chi connectivity index (χ4n) is 3.01. The summed E-state index contributed by atoms with van der Waals surface area (Å²) in [6.07, 6.45) is 4.70. The van der Waals surface area contributed by atoms with Crippen LogP contribution in [0.2, 0.25) is 0 Å². The highest BCUT2D eigenvalue weighted by Crippen LogP contribution is 2.28. The molecule has 6 heteroatoms. The standard InChI is InChI=1S/C23H28FN3O2/c1-5-17-18(11-15(12-19(17)24)21(28)26-16-8-9-16)20-10-7-14(13-25-20)22(29)27-23(3,4)6-2/h7,10-13,16H,5-6,8-9H2,1-4H3,(H,26,28)(H,27,29). The third kappa shape index (κ3) is 5.00. The Morgan fingerprint density at radius 1 is 1.14 bits per heavy atom. The van der Waals surface area contributed by atoms with Crippen molar-refractivity contribution in [3.63, 3.8) is 0 Å². The smallest absolute Gasteiger partial charge is 0.253 e. The van der Waals surface area contributed by atoms with Crippen LogP contribution in [0.4, 0.5) is 4.39 Å². The molecule has 5 nitrogen and oxygen atoms in total. The van der Waals surface area contributed by atoms with Gasteiger partial charge in [0.25, 0.3) is 11.8 Å². The van der Waals surface area contributed by atoms with Gasteiger partial charge in [-0.25, -0.2) is 4.39 Å². The van der Waals surface area contributed by atoms with Crippen molar-refractivity contribution in [3.05, 3.63) is 53.0 Å². The van der Waals surface area contributed by atoms with Crippen molar-refractivity contribution in [3.8, 4) is 11.3 Å². The lowest BCUT2D eigenvalue weighted by atomic mass is 9.97. The zero-order chi connectivity index (χ0) is 21.2. The van der Waals surface area contributed by atoms with Gasteiger partial charge in [0.1, 0.15) is 5.82 Å². The van der Waals surface area contributed by atoms with Gasteiger partial charge in [-0.15, -0.1) is 0 Å². The second-order valence-corrected chi connectivity index (χ2v) is 8.21. The first-order valence-electron chi connectivity index (χ1n) is 10.2. The fraction of sp³-hybridized carbons (Fsp3) is 0.435. The Morgan fingerprint density at radius 3 is 2.41 bits per heavy atom. The molecule has 1 aliphatic rings. The predicted molar refractivity (Wildman–Crippen MR) is 111 cm³/mol. The molecule has 0 unspecified atom stereocenters. The van der Waals surface area contributed by atoms with Crippen LogP contribution in [0, 0.1) is 5.82 Å². The summed E-state index contributed by atoms with van der Waals surface area (Å²) in [5, 5.41) is 5.86. The Bertz CT molecular complexity index is 918. The van der Waals surface area contributed by atoms with Crippen molar-refractivity contribution < 1.29 is 14.0 Å². The van der Waals surface area contributed by atoms with E-state index in [0.717, 1.165) is 19.3 Å². The second kappa shape index (κ2) is 8.31. The Hall–Kier alpha value is -2.76. The molecular weight excluding hydrogens is 369 g/mol. The lowest BCUT2D eigenvalue weighted by Gasteiger charge is -2.24. The van der Waals surface area contributed by atoms with Crippen LogP contribution in [0.3, 0.4) is 0 Å². The summed E-state index contributed by atoms with van der Waals surface area (Å²) >= 11 is 0. The van der Waals surface area contributed by atoms with E-state index in [2.05, 4.69) is 15.6 Å². The maximum absolute atomic E-state index is 14.7. The van der Waals surface area contributed by atoms with Crippen molar-refractivity contribution in [2.45, 2.75) is 65.0 Å². The van der Waals surface area contributed by atoms with Gasteiger partial charge in [-0.3, -0.25) is 14.6 Å². The first-order valence-corrected chi connectivity index (χ1v) is 10.2. The van der Waals surface area contributed by atoms with Crippen molar-refractivity contribution in [1.29, 1.82) is 0 Å². The Kier molecular flexibility index (Phi) is 6.01. The molecule has 154 valence electrons. The largest absolute Gasteiger partial charge is 0.349 e. The van der Waals surface area contributed by atoms with E-state index < -0.39 is 5.82 Å². The number of benzene rings is 1. The van der Waals surface area contributed by atoms with Crippen LogP contribution in [0.5, 0.6) is 0 Å². The van der Waals surface area contributed by atoms with Gasteiger partial charge in [0.15, 0.2) is 0 Å². The molecular formula is C23H28FN3O2. The van der Waals surface area contributed by atoms with Gasteiger partial charge < -0.3 is 10.6 Å². The van der Waals surface area contributed by atoms with Gasteiger partial charge in [0.05, 0.1) is 11.3 Å². The summed E-state index contributed by atoms with van der Waals surface area (Å²) < 4.78 is 14.7. The molecule has 29 heavy (non-hydrogen) atoms. The molecule has 0 bridgehead atoms. The second-order valence-electron chi connectivity index (χ2n) is 8.21. The van der Waals surface area contributed by atoms with E-state index >= 15 is 0 Å². The average Bonchev–Trinajstić information content (AvgIpc) is 3.51. The Morgan fingerprint density at radius 2 is 1.86 bits per heavy atom. The maximum Gasteiger partial charge on any atom is 0.253 e. The summed E-state index contributed by atoms with van der Waals surface area (Å²) in [6.45, 7) is 7.79. The minimum absolute atomic E-state index is 0.197. The van der Waals surface area contributed by atoms with Crippen LogP contribution in [-0.2, 0) is 6.42 Å². The van der Waals surface area contributed by atoms with Crippen LogP contribution in [-0.4, -0.2) is 28.4 Å². The Labute approximate surface area is 171 Å². The minimum Gasteiger partial charge on any atom is -0.349 e. The van der Waals surface area contributed by atoms with Gasteiger partial charge in [-0.1, -0.05) is 13.8 Å². The van der Waals surface area contributed by atoms with E-state index in [9.17, 15) is 14.0 Å². The molecule has 1 aromatic heterocycles. The number of nitrogens with zero attached hydrogens (tertiary/aromatic N) is 1. The summed E-state index contributed by atoms with van der Waals surface area (Å²) in [6, 6.07) is 6.54. The highest BCUT2D eigenvalue weighted by molar-refractivity contribution is 5.96. The first kappa shape index (κ1) is 21.0. The SMILES string of the molecule is CCc1c(F)cc(C(=O)NC2CC2)cc1-c1ccc(C(=O)NC(C)(C)CC)cn1. The molecule has 0 radical (unpaired) electrons. The number of rotatable bonds is 7. The van der Waals surface area contributed by atoms with E-state index in [1.807, 2.05) is 27.7 Å². The summed E-state index contributed by atoms with van der Waals surface area (Å²) in [7, 11) is 0. The van der Waals surface area contributed by atoms with Gasteiger partial charge in [0, 0.05) is 28.9 Å². The van der Waals surface area contributed by atoms with E-state index in [1.54, 1.807) is 18.2 Å². The fourth-order valence-corrected chi connectivity index (χ4v) is 3.01. The van der Waals surface area contributed by atoms with Crippen molar-refractivity contribution in [2.24, 2.45) is 0 Å². The van der Waals surface area contributed by atoms with Crippen LogP contribution in [0.1, 0.15) is 73.2 Å². The molecule has 1 saturated carbocycles. The predicted octanol–water partition coefficient (Wildman–Crippen LogP) is 4.26. The van der Waals surface area contributed by atoms with E-state index in [-0.39, 0.29) is 29.0 Å². The number of amides is 2. The number of hydrogen-bond acceptors (Lipinski definition) is 3. The minimum atomic E-state index is -0.417. The molecule has 0 spiro atoms. The van der Waals surface area contributed by atoms with E-state index in [4.69, 9.17) is 0 Å². The first-order chi connectivity index (χ1) is 13.7. The number of carbonyl (C=O) groups is 2. The Balaban J connectivity index is 1.89. The lowest BCUT2D eigenvalue weighted by Crippen LogP contribution is -2.42. The summed E-state index contributed by atoms with van der Waals surface area (Å²) in [5.74, 6) is -0.886. The van der Waals surface area contributed by atoms with Crippen LogP contribution in [0.25, 0.3) is 11.3 Å². The molecule has 1 heterocycles. The number of hydrogen-bond donors (Lipinski definition) is 2. The molecule has 0 aliphatic heterocycles. The van der Waals surface area contributed by atoms with Gasteiger partial charge in [-0.05, 0) is 69.4 Å². The molecule has 2 N–H and O–H groups in total. The molecule has 1 aromatic carbocycles. The number of nitrogens with one attached hydrogen (secondary N) is 2. The quantitative estimate of drug-likeness (QED) is 0.733. The molecule has 0 saturated heterocycles. The third-order valence-corrected chi connectivity index (χ3v) is 5.36. The molecule has 2 aromatic rings. The summed E-state index contributed by atoms with van der Waals surface area (Å²) in [4.78, 5) is 29.2. The monoisotopic (exact) mass is 397 g/mol. The highest BCUT2D eigenvalue weighted by Gasteiger charge is 2.25. The van der Waals surface area contributed by atoms with E-state index in [0.29, 0.717) is 28.8 Å². The van der Waals surface area contributed by atoms with Crippen molar-refractivity contribution in [1.82, 2.24) is 15.6 Å². The van der Waals surface area contributed by atoms with Crippen LogP contribution < -0.4 is 10.6 Å². The lowest BCUT2D eigenvalue weighted by molar-refractivity contribution is 0.0909. The number of halogens is 1. The molecule has 2 amide bonds. The topological polar surface area (TPSA) is 71.1 Å². The van der Waals surface area contributed by atoms with Gasteiger partial charge in [-0.2, -0.15) is 0 Å². The van der Waals surface area contributed by atoms with Crippen molar-refractivity contribution in [2.75, 3.05) is 0 Å². The maximum atomic E-state index is 14.7. The molecule has 0 atom stereocenters. The highest BCUT2D eigenvalue weighted by atomic mass is 19.1. The molecule has 3 rings (SSSR count). The van der Waals surface area contributed by atoms with Crippen molar-refractivity contribution >= 4 is 11.8 Å². The number of aromatic nitrogens is 1. The van der Waals surface area contributed by atoms with Gasteiger partial charge >= 0.3 is 0 Å². The number of pyridine rings is 1. The third-order valence-electron chi connectivity index (χ3n) is 5.36. The summed E-state index contributed by atoms with van der Waals surface area (Å²) in [5.41, 5.74) is 2.04. The zero-order valence-electron chi connectivity index (χ0n) is 17.4. The average molecular weight is 397 g/mol. The number of carbonyl (C=O) groups excluding carboxylic acids is 2. The van der Waals surface area contributed by atoms with E-state index in [1.165, 1.54) is 12.3 Å². The molecule has 1 aliphatic carbocycles. The molecule has 1 fully saturated rings. The van der Waals surface area contributed by atoms with Gasteiger partial charge in [0.2, 0.25) is 0 Å².